The van der Waals surface area contributed by atoms with Gasteiger partial charge in [-0.05, 0) is 0 Å². The van der Waals surface area contributed by atoms with Crippen LogP contribution in [0.15, 0.2) is 0 Å². The van der Waals surface area contributed by atoms with Crippen LogP contribution in [-0.4, -0.2) is 42.1 Å². The summed E-state index contributed by atoms with van der Waals surface area (Å²) in [5.74, 6) is -37.2. The van der Waals surface area contributed by atoms with Crippen LogP contribution in [0, 0.1) is 0 Å². The first-order chi connectivity index (χ1) is 9.31. The van der Waals surface area contributed by atoms with Crippen LogP contribution in [0.25, 0.3) is 0 Å². The van der Waals surface area contributed by atoms with Gasteiger partial charge in [0.05, 0.1) is 6.42 Å². The summed E-state index contributed by atoms with van der Waals surface area (Å²) < 4.78 is 161. The van der Waals surface area contributed by atoms with E-state index in [2.05, 4.69) is 0 Å². The molecule has 0 fully saturated rings. The normalized spacial score (nSPS) is 15.2. The van der Waals surface area contributed by atoms with E-state index >= 15 is 0 Å². The summed E-state index contributed by atoms with van der Waals surface area (Å²) >= 11 is 0. The SMILES string of the molecule is O=CCC(F)(F)C(F)(F)C(F)(F)C(F)(F)C(F)(F)C(F)(F)F.[H-].[Na+]. The van der Waals surface area contributed by atoms with Crippen molar-refractivity contribution in [3.05, 3.63) is 0 Å². The van der Waals surface area contributed by atoms with Gasteiger partial charge in [-0.25, -0.2) is 0 Å². The molecular weight excluding hydrogens is 382 g/mol. The van der Waals surface area contributed by atoms with E-state index < -0.39 is 48.5 Å². The molecule has 0 aromatic rings. The van der Waals surface area contributed by atoms with E-state index in [0.29, 0.717) is 0 Å². The number of hydrogen-bond donors (Lipinski definition) is 0. The molecule has 23 heavy (non-hydrogen) atoms. The standard InChI is InChI=1S/C8H3F13O.Na.H/c9-3(10,1-2-22)4(11,12)5(13,14)6(15,16)7(17,18)8(19,20)21;;/h2H,1H2;;/q;+1;-1. The zero-order valence-corrected chi connectivity index (χ0v) is 12.6. The Morgan fingerprint density at radius 3 is 1.17 bits per heavy atom. The molecule has 0 aromatic carbocycles. The average molecular weight is 386 g/mol. The summed E-state index contributed by atoms with van der Waals surface area (Å²) in [5, 5.41) is 0. The minimum absolute atomic E-state index is 0. The molecule has 0 heterocycles. The molecule has 0 aliphatic heterocycles. The maximum Gasteiger partial charge on any atom is 1.00 e. The van der Waals surface area contributed by atoms with E-state index in [9.17, 15) is 61.9 Å². The van der Waals surface area contributed by atoms with Crippen molar-refractivity contribution in [1.29, 1.82) is 0 Å². The van der Waals surface area contributed by atoms with E-state index in [4.69, 9.17) is 0 Å². The van der Waals surface area contributed by atoms with Gasteiger partial charge in [0.1, 0.15) is 6.29 Å². The van der Waals surface area contributed by atoms with Crippen molar-refractivity contribution in [2.45, 2.75) is 42.2 Å². The van der Waals surface area contributed by atoms with E-state index in [1.54, 1.807) is 0 Å². The zero-order valence-electron chi connectivity index (χ0n) is 11.6. The molecule has 0 saturated carbocycles. The fraction of sp³-hybridized carbons (Fsp3) is 0.875. The molecule has 0 aliphatic rings. The number of halogens is 13. The van der Waals surface area contributed by atoms with Gasteiger partial charge in [0.25, 0.3) is 0 Å². The quantitative estimate of drug-likeness (QED) is 0.384. The minimum atomic E-state index is -7.92. The van der Waals surface area contributed by atoms with E-state index in [1.807, 2.05) is 0 Å². The number of rotatable bonds is 6. The van der Waals surface area contributed by atoms with Gasteiger partial charge in [-0.2, -0.15) is 57.1 Å². The fourth-order valence-electron chi connectivity index (χ4n) is 1.03. The van der Waals surface area contributed by atoms with Gasteiger partial charge in [-0.1, -0.05) is 0 Å². The summed E-state index contributed by atoms with van der Waals surface area (Å²) in [4.78, 5) is 9.63. The van der Waals surface area contributed by atoms with Crippen molar-refractivity contribution < 1.29 is 92.9 Å². The topological polar surface area (TPSA) is 17.1 Å². The van der Waals surface area contributed by atoms with Crippen molar-refractivity contribution in [2.75, 3.05) is 0 Å². The second-order valence-corrected chi connectivity index (χ2v) is 3.87. The largest absolute Gasteiger partial charge is 1.00 e. The molecular formula is C8H4F13NaO. The Labute approximate surface area is 142 Å². The van der Waals surface area contributed by atoms with Gasteiger partial charge < -0.3 is 6.22 Å². The van der Waals surface area contributed by atoms with Crippen LogP contribution in [-0.2, 0) is 4.79 Å². The smallest absolute Gasteiger partial charge is 1.00 e. The molecule has 0 aliphatic carbocycles. The van der Waals surface area contributed by atoms with Crippen molar-refractivity contribution in [1.82, 2.24) is 0 Å². The van der Waals surface area contributed by atoms with E-state index in [0.717, 1.165) is 0 Å². The van der Waals surface area contributed by atoms with Gasteiger partial charge in [0, 0.05) is 0 Å². The van der Waals surface area contributed by atoms with Crippen LogP contribution in [0.3, 0.4) is 0 Å². The van der Waals surface area contributed by atoms with Crippen LogP contribution in [0.2, 0.25) is 0 Å². The molecule has 15 heteroatoms. The predicted octanol–water partition coefficient (Wildman–Crippen LogP) is 1.43. The third-order valence-corrected chi connectivity index (χ3v) is 2.34. The monoisotopic (exact) mass is 386 g/mol. The van der Waals surface area contributed by atoms with Crippen molar-refractivity contribution >= 4 is 6.29 Å². The Morgan fingerprint density at radius 2 is 0.913 bits per heavy atom. The summed E-state index contributed by atoms with van der Waals surface area (Å²) in [6.45, 7) is 0. The second-order valence-electron chi connectivity index (χ2n) is 3.87. The number of carbonyl (C=O) groups excluding carboxylic acids is 1. The Kier molecular flexibility index (Phi) is 7.15. The van der Waals surface area contributed by atoms with Crippen LogP contribution in [0.5, 0.6) is 0 Å². The molecule has 0 rings (SSSR count). The molecule has 0 amide bonds. The Hall–Kier alpha value is -0.240. The van der Waals surface area contributed by atoms with Gasteiger partial charge in [-0.3, -0.25) is 0 Å². The van der Waals surface area contributed by atoms with Crippen molar-refractivity contribution in [3.63, 3.8) is 0 Å². The number of aldehydes is 1. The zero-order chi connectivity index (χ0) is 18.4. The maximum absolute atomic E-state index is 12.7. The van der Waals surface area contributed by atoms with Crippen molar-refractivity contribution in [3.8, 4) is 0 Å². The summed E-state index contributed by atoms with van der Waals surface area (Å²) in [6.07, 6.45) is -11.4. The van der Waals surface area contributed by atoms with E-state index in [-0.39, 0.29) is 31.0 Å². The summed E-state index contributed by atoms with van der Waals surface area (Å²) in [5.41, 5.74) is 0. The molecule has 0 atom stereocenters. The Morgan fingerprint density at radius 1 is 0.609 bits per heavy atom. The predicted molar refractivity (Wildman–Crippen MR) is 42.6 cm³/mol. The average Bonchev–Trinajstić information content (AvgIpc) is 2.26. The van der Waals surface area contributed by atoms with Gasteiger partial charge >= 0.3 is 65.3 Å². The maximum atomic E-state index is 12.7. The molecule has 0 spiro atoms. The summed E-state index contributed by atoms with van der Waals surface area (Å²) in [7, 11) is 0. The van der Waals surface area contributed by atoms with Gasteiger partial charge in [0.15, 0.2) is 0 Å². The third-order valence-electron chi connectivity index (χ3n) is 2.34. The Balaban J connectivity index is -0.00000220. The Bertz CT molecular complexity index is 432. The van der Waals surface area contributed by atoms with Crippen LogP contribution in [0.4, 0.5) is 57.1 Å². The molecule has 0 saturated heterocycles. The summed E-state index contributed by atoms with van der Waals surface area (Å²) in [6, 6.07) is 0. The first-order valence-electron chi connectivity index (χ1n) is 4.70. The number of hydrogen-bond acceptors (Lipinski definition) is 1. The number of alkyl halides is 13. The third kappa shape index (κ3) is 3.57. The van der Waals surface area contributed by atoms with Gasteiger partial charge in [-0.15, -0.1) is 0 Å². The van der Waals surface area contributed by atoms with E-state index in [1.165, 1.54) is 0 Å². The molecule has 0 radical (unpaired) electrons. The van der Waals surface area contributed by atoms with Crippen LogP contribution >= 0.6 is 0 Å². The molecule has 0 aromatic heterocycles. The van der Waals surface area contributed by atoms with Crippen molar-refractivity contribution in [2.24, 2.45) is 0 Å². The first kappa shape index (κ1) is 25.0. The molecule has 134 valence electrons. The minimum Gasteiger partial charge on any atom is -1.00 e. The molecule has 1 nitrogen and oxygen atoms in total. The first-order valence-corrected chi connectivity index (χ1v) is 4.70. The molecule has 0 N–H and O–H groups in total. The fourth-order valence-corrected chi connectivity index (χ4v) is 1.03. The second kappa shape index (κ2) is 6.58. The molecule has 0 unspecified atom stereocenters. The molecule has 0 bridgehead atoms. The van der Waals surface area contributed by atoms with Crippen LogP contribution < -0.4 is 29.6 Å². The number of carbonyl (C=O) groups is 1. The van der Waals surface area contributed by atoms with Gasteiger partial charge in [0.2, 0.25) is 0 Å². The van der Waals surface area contributed by atoms with Crippen LogP contribution in [0.1, 0.15) is 7.85 Å².